The molecular formula is C9H10N2. The summed E-state index contributed by atoms with van der Waals surface area (Å²) in [4.78, 5) is 0. The molecule has 0 amide bonds. The fourth-order valence-corrected chi connectivity index (χ4v) is 1.23. The van der Waals surface area contributed by atoms with Crippen molar-refractivity contribution in [2.45, 2.75) is 13.3 Å². The number of nitrogens with one attached hydrogen (secondary N) is 1. The van der Waals surface area contributed by atoms with Crippen molar-refractivity contribution in [2.24, 2.45) is 5.10 Å². The maximum absolute atomic E-state index is 3.98. The van der Waals surface area contributed by atoms with E-state index >= 15 is 0 Å². The molecule has 0 unspecified atom stereocenters. The molecule has 1 heterocycles. The normalized spacial score (nSPS) is 13.9. The van der Waals surface area contributed by atoms with Gasteiger partial charge in [-0.25, -0.2) is 0 Å². The lowest BCUT2D eigenvalue weighted by Gasteiger charge is -2.11. The zero-order valence-electron chi connectivity index (χ0n) is 6.46. The third-order valence-electron chi connectivity index (χ3n) is 1.85. The van der Waals surface area contributed by atoms with E-state index in [2.05, 4.69) is 35.7 Å². The first kappa shape index (κ1) is 6.40. The Kier molecular flexibility index (Phi) is 1.39. The third-order valence-corrected chi connectivity index (χ3v) is 1.85. The SMILES string of the molecule is Cc1ccc2c(c1)NN=CC2. The van der Waals surface area contributed by atoms with Crippen LogP contribution in [0, 0.1) is 6.92 Å². The fraction of sp³-hybridized carbons (Fsp3) is 0.222. The van der Waals surface area contributed by atoms with E-state index in [0.29, 0.717) is 0 Å². The number of nitrogens with zero attached hydrogens (tertiary/aromatic N) is 1. The van der Waals surface area contributed by atoms with E-state index in [1.165, 1.54) is 11.1 Å². The maximum atomic E-state index is 3.98. The molecule has 1 aromatic rings. The lowest BCUT2D eigenvalue weighted by Crippen LogP contribution is -2.02. The largest absolute Gasteiger partial charge is 0.279 e. The first-order chi connectivity index (χ1) is 5.36. The molecule has 1 N–H and O–H groups in total. The first-order valence-corrected chi connectivity index (χ1v) is 3.73. The average Bonchev–Trinajstić information content (AvgIpc) is 2.04. The van der Waals surface area contributed by atoms with Crippen molar-refractivity contribution >= 4 is 11.9 Å². The van der Waals surface area contributed by atoms with Crippen molar-refractivity contribution in [1.29, 1.82) is 0 Å². The summed E-state index contributed by atoms with van der Waals surface area (Å²) < 4.78 is 0. The first-order valence-electron chi connectivity index (χ1n) is 3.73. The van der Waals surface area contributed by atoms with E-state index in [0.717, 1.165) is 12.1 Å². The van der Waals surface area contributed by atoms with Gasteiger partial charge in [0.1, 0.15) is 0 Å². The zero-order valence-corrected chi connectivity index (χ0v) is 6.46. The van der Waals surface area contributed by atoms with Gasteiger partial charge in [0, 0.05) is 12.6 Å². The van der Waals surface area contributed by atoms with Gasteiger partial charge in [-0.2, -0.15) is 5.10 Å². The van der Waals surface area contributed by atoms with Crippen molar-refractivity contribution in [1.82, 2.24) is 0 Å². The molecule has 0 saturated carbocycles. The predicted molar refractivity (Wildman–Crippen MR) is 47.0 cm³/mol. The molecule has 2 nitrogen and oxygen atoms in total. The Balaban J connectivity index is 2.48. The van der Waals surface area contributed by atoms with Crippen LogP contribution in [-0.2, 0) is 6.42 Å². The molecule has 0 atom stereocenters. The van der Waals surface area contributed by atoms with E-state index in [4.69, 9.17) is 0 Å². The number of anilines is 1. The summed E-state index contributed by atoms with van der Waals surface area (Å²) in [5.41, 5.74) is 6.71. The summed E-state index contributed by atoms with van der Waals surface area (Å²) in [5.74, 6) is 0. The number of hydrogen-bond acceptors (Lipinski definition) is 2. The summed E-state index contributed by atoms with van der Waals surface area (Å²) in [7, 11) is 0. The van der Waals surface area contributed by atoms with Gasteiger partial charge in [0.2, 0.25) is 0 Å². The van der Waals surface area contributed by atoms with Crippen molar-refractivity contribution < 1.29 is 0 Å². The van der Waals surface area contributed by atoms with Crippen LogP contribution in [0.3, 0.4) is 0 Å². The van der Waals surface area contributed by atoms with Gasteiger partial charge in [-0.15, -0.1) is 0 Å². The quantitative estimate of drug-likeness (QED) is 0.594. The smallest absolute Gasteiger partial charge is 0.0600 e. The summed E-state index contributed by atoms with van der Waals surface area (Å²) in [5, 5.41) is 3.98. The van der Waals surface area contributed by atoms with Crippen LogP contribution >= 0.6 is 0 Å². The molecule has 1 aromatic carbocycles. The van der Waals surface area contributed by atoms with E-state index in [-0.39, 0.29) is 0 Å². The van der Waals surface area contributed by atoms with E-state index in [1.807, 2.05) is 6.21 Å². The van der Waals surface area contributed by atoms with Crippen molar-refractivity contribution in [2.75, 3.05) is 5.43 Å². The molecule has 1 aliphatic rings. The summed E-state index contributed by atoms with van der Waals surface area (Å²) in [6, 6.07) is 6.38. The molecule has 0 bridgehead atoms. The Bertz CT molecular complexity index is 302. The van der Waals surface area contributed by atoms with E-state index in [9.17, 15) is 0 Å². The number of benzene rings is 1. The second-order valence-corrected chi connectivity index (χ2v) is 2.79. The highest BCUT2D eigenvalue weighted by Gasteiger charge is 2.03. The van der Waals surface area contributed by atoms with Gasteiger partial charge in [-0.05, 0) is 24.1 Å². The van der Waals surface area contributed by atoms with E-state index < -0.39 is 0 Å². The molecule has 0 aliphatic carbocycles. The lowest BCUT2D eigenvalue weighted by atomic mass is 10.1. The Labute approximate surface area is 65.9 Å². The Morgan fingerprint density at radius 2 is 2.36 bits per heavy atom. The minimum atomic E-state index is 0.947. The van der Waals surface area contributed by atoms with Gasteiger partial charge in [-0.3, -0.25) is 5.43 Å². The number of rotatable bonds is 0. The number of hydrogen-bond donors (Lipinski definition) is 1. The summed E-state index contributed by atoms with van der Waals surface area (Å²) in [6.07, 6.45) is 2.83. The van der Waals surface area contributed by atoms with Crippen LogP contribution in [0.4, 0.5) is 5.69 Å². The molecule has 2 heteroatoms. The van der Waals surface area contributed by atoms with Crippen LogP contribution in [0.25, 0.3) is 0 Å². The van der Waals surface area contributed by atoms with E-state index in [1.54, 1.807) is 0 Å². The highest BCUT2D eigenvalue weighted by Crippen LogP contribution is 2.19. The Morgan fingerprint density at radius 3 is 3.27 bits per heavy atom. The van der Waals surface area contributed by atoms with Gasteiger partial charge < -0.3 is 0 Å². The van der Waals surface area contributed by atoms with Crippen LogP contribution in [0.15, 0.2) is 23.3 Å². The van der Waals surface area contributed by atoms with Crippen LogP contribution in [0.2, 0.25) is 0 Å². The molecular weight excluding hydrogens is 136 g/mol. The van der Waals surface area contributed by atoms with Crippen LogP contribution < -0.4 is 5.43 Å². The van der Waals surface area contributed by atoms with Gasteiger partial charge in [0.15, 0.2) is 0 Å². The Morgan fingerprint density at radius 1 is 1.45 bits per heavy atom. The van der Waals surface area contributed by atoms with Crippen molar-refractivity contribution in [3.05, 3.63) is 29.3 Å². The minimum absolute atomic E-state index is 0.947. The molecule has 0 spiro atoms. The van der Waals surface area contributed by atoms with Gasteiger partial charge >= 0.3 is 0 Å². The predicted octanol–water partition coefficient (Wildman–Crippen LogP) is 1.95. The standard InChI is InChI=1S/C9H10N2/c1-7-2-3-8-4-5-10-11-9(8)6-7/h2-3,5-6,11H,4H2,1H3. The zero-order chi connectivity index (χ0) is 7.68. The molecule has 0 aromatic heterocycles. The molecule has 0 saturated heterocycles. The molecule has 56 valence electrons. The van der Waals surface area contributed by atoms with Gasteiger partial charge in [0.25, 0.3) is 0 Å². The van der Waals surface area contributed by atoms with Crippen molar-refractivity contribution in [3.8, 4) is 0 Å². The molecule has 0 fully saturated rings. The average molecular weight is 146 g/mol. The topological polar surface area (TPSA) is 24.4 Å². The molecule has 1 aliphatic heterocycles. The number of fused-ring (bicyclic) bond motifs is 1. The second kappa shape index (κ2) is 2.38. The summed E-state index contributed by atoms with van der Waals surface area (Å²) in [6.45, 7) is 2.08. The highest BCUT2D eigenvalue weighted by molar-refractivity contribution is 5.71. The summed E-state index contributed by atoms with van der Waals surface area (Å²) >= 11 is 0. The van der Waals surface area contributed by atoms with Crippen LogP contribution in [-0.4, -0.2) is 6.21 Å². The Hall–Kier alpha value is -1.31. The van der Waals surface area contributed by atoms with Gasteiger partial charge in [0.05, 0.1) is 5.69 Å². The minimum Gasteiger partial charge on any atom is -0.279 e. The van der Waals surface area contributed by atoms with Crippen LogP contribution in [0.5, 0.6) is 0 Å². The van der Waals surface area contributed by atoms with Gasteiger partial charge in [-0.1, -0.05) is 12.1 Å². The maximum Gasteiger partial charge on any atom is 0.0600 e. The van der Waals surface area contributed by atoms with Crippen molar-refractivity contribution in [3.63, 3.8) is 0 Å². The molecule has 0 radical (unpaired) electrons. The molecule has 2 rings (SSSR count). The fourth-order valence-electron chi connectivity index (χ4n) is 1.23. The molecule has 11 heavy (non-hydrogen) atoms. The monoisotopic (exact) mass is 146 g/mol. The van der Waals surface area contributed by atoms with Crippen LogP contribution in [0.1, 0.15) is 11.1 Å². The number of hydrazone groups is 1. The number of aryl methyl sites for hydroxylation is 1. The highest BCUT2D eigenvalue weighted by atomic mass is 15.3. The lowest BCUT2D eigenvalue weighted by molar-refractivity contribution is 1.20. The second-order valence-electron chi connectivity index (χ2n) is 2.79. The third kappa shape index (κ3) is 1.11.